The Hall–Kier alpha value is -3.68. The molecule has 8 nitrogen and oxygen atoms in total. The average molecular weight is 379 g/mol. The van der Waals surface area contributed by atoms with Crippen molar-refractivity contribution in [2.45, 2.75) is 19.9 Å². The van der Waals surface area contributed by atoms with E-state index in [0.717, 1.165) is 23.4 Å². The van der Waals surface area contributed by atoms with Crippen molar-refractivity contribution in [1.82, 2.24) is 9.97 Å². The van der Waals surface area contributed by atoms with Crippen molar-refractivity contribution in [2.24, 2.45) is 0 Å². The van der Waals surface area contributed by atoms with Gasteiger partial charge in [0.1, 0.15) is 12.1 Å². The average Bonchev–Trinajstić information content (AvgIpc) is 2.73. The first-order chi connectivity index (χ1) is 13.6. The summed E-state index contributed by atoms with van der Waals surface area (Å²) < 4.78 is 5.13. The van der Waals surface area contributed by atoms with Gasteiger partial charge >= 0.3 is 5.69 Å². The van der Waals surface area contributed by atoms with E-state index in [-0.39, 0.29) is 17.3 Å². The predicted octanol–water partition coefficient (Wildman–Crippen LogP) is 4.31. The zero-order valence-electron chi connectivity index (χ0n) is 15.7. The van der Waals surface area contributed by atoms with Crippen molar-refractivity contribution in [2.75, 3.05) is 17.7 Å². The summed E-state index contributed by atoms with van der Waals surface area (Å²) in [7, 11) is 1.60. The summed E-state index contributed by atoms with van der Waals surface area (Å²) in [6.45, 7) is 2.45. The molecule has 3 aromatic rings. The summed E-state index contributed by atoms with van der Waals surface area (Å²) in [6, 6.07) is 15.1. The summed E-state index contributed by atoms with van der Waals surface area (Å²) in [5, 5.41) is 17.7. The Balaban J connectivity index is 1.80. The first kappa shape index (κ1) is 19.1. The summed E-state index contributed by atoms with van der Waals surface area (Å²) in [5.41, 5.74) is 2.65. The molecule has 3 rings (SSSR count). The van der Waals surface area contributed by atoms with Crippen LogP contribution in [-0.4, -0.2) is 22.0 Å². The second kappa shape index (κ2) is 8.81. The summed E-state index contributed by atoms with van der Waals surface area (Å²) in [5.74, 6) is 1.04. The van der Waals surface area contributed by atoms with Gasteiger partial charge in [0.2, 0.25) is 11.6 Å². The Labute approximate surface area is 162 Å². The van der Waals surface area contributed by atoms with Crippen LogP contribution in [-0.2, 0) is 13.0 Å². The van der Waals surface area contributed by atoms with Crippen molar-refractivity contribution in [3.63, 3.8) is 0 Å². The van der Waals surface area contributed by atoms with E-state index in [9.17, 15) is 10.1 Å². The monoisotopic (exact) mass is 379 g/mol. The summed E-state index contributed by atoms with van der Waals surface area (Å²) in [4.78, 5) is 19.3. The normalized spacial score (nSPS) is 10.4. The fourth-order valence-corrected chi connectivity index (χ4v) is 2.66. The molecule has 0 saturated carbocycles. The Morgan fingerprint density at radius 3 is 2.25 bits per heavy atom. The molecule has 144 valence electrons. The van der Waals surface area contributed by atoms with Crippen LogP contribution in [0.2, 0.25) is 0 Å². The number of nitro groups is 1. The predicted molar refractivity (Wildman–Crippen MR) is 108 cm³/mol. The number of nitrogens with zero attached hydrogens (tertiary/aromatic N) is 3. The van der Waals surface area contributed by atoms with Crippen molar-refractivity contribution in [3.05, 3.63) is 76.1 Å². The fourth-order valence-electron chi connectivity index (χ4n) is 2.66. The van der Waals surface area contributed by atoms with Crippen LogP contribution in [0.4, 0.5) is 23.0 Å². The van der Waals surface area contributed by atoms with Gasteiger partial charge in [-0.2, -0.15) is 0 Å². The van der Waals surface area contributed by atoms with Crippen molar-refractivity contribution < 1.29 is 9.66 Å². The van der Waals surface area contributed by atoms with Crippen LogP contribution in [0.15, 0.2) is 54.9 Å². The summed E-state index contributed by atoms with van der Waals surface area (Å²) >= 11 is 0. The zero-order chi connectivity index (χ0) is 19.9. The molecule has 0 unspecified atom stereocenters. The van der Waals surface area contributed by atoms with Gasteiger partial charge in [-0.05, 0) is 41.8 Å². The number of anilines is 3. The number of rotatable bonds is 8. The van der Waals surface area contributed by atoms with Crippen LogP contribution < -0.4 is 15.4 Å². The minimum absolute atomic E-state index is 0.140. The standard InChI is InChI=1S/C20H21N5O3/c1-3-14-4-8-16(9-5-14)24-20-18(25(26)27)19(22-13-23-20)21-12-15-6-10-17(28-2)11-7-15/h4-11,13H,3,12H2,1-2H3,(H2,21,22,23,24). The van der Waals surface area contributed by atoms with Crippen LogP contribution in [0.25, 0.3) is 0 Å². The Kier molecular flexibility index (Phi) is 6.01. The van der Waals surface area contributed by atoms with E-state index in [2.05, 4.69) is 27.5 Å². The highest BCUT2D eigenvalue weighted by Gasteiger charge is 2.23. The molecular weight excluding hydrogens is 358 g/mol. The molecule has 1 heterocycles. The van der Waals surface area contributed by atoms with Gasteiger partial charge in [-0.3, -0.25) is 10.1 Å². The zero-order valence-corrected chi connectivity index (χ0v) is 15.7. The molecule has 0 aliphatic heterocycles. The molecule has 0 amide bonds. The molecule has 0 radical (unpaired) electrons. The second-order valence-corrected chi connectivity index (χ2v) is 6.05. The number of hydrogen-bond acceptors (Lipinski definition) is 7. The lowest BCUT2D eigenvalue weighted by Crippen LogP contribution is -2.08. The lowest BCUT2D eigenvalue weighted by atomic mass is 10.1. The van der Waals surface area contributed by atoms with Gasteiger partial charge < -0.3 is 15.4 Å². The third kappa shape index (κ3) is 4.53. The summed E-state index contributed by atoms with van der Waals surface area (Å²) in [6.07, 6.45) is 2.22. The molecular formula is C20H21N5O3. The number of ether oxygens (including phenoxy) is 1. The highest BCUT2D eigenvalue weighted by atomic mass is 16.6. The lowest BCUT2D eigenvalue weighted by molar-refractivity contribution is -0.383. The molecule has 2 N–H and O–H groups in total. The largest absolute Gasteiger partial charge is 0.497 e. The molecule has 0 atom stereocenters. The molecule has 0 aliphatic carbocycles. The maximum atomic E-state index is 11.7. The van der Waals surface area contributed by atoms with Gasteiger partial charge in [-0.15, -0.1) is 0 Å². The maximum Gasteiger partial charge on any atom is 0.353 e. The van der Waals surface area contributed by atoms with Crippen molar-refractivity contribution in [3.8, 4) is 5.75 Å². The Bertz CT molecular complexity index is 943. The lowest BCUT2D eigenvalue weighted by Gasteiger charge is -2.11. The van der Waals surface area contributed by atoms with Crippen LogP contribution >= 0.6 is 0 Å². The topological polar surface area (TPSA) is 102 Å². The van der Waals surface area contributed by atoms with E-state index in [1.807, 2.05) is 48.5 Å². The maximum absolute atomic E-state index is 11.7. The Morgan fingerprint density at radius 1 is 1.00 bits per heavy atom. The van der Waals surface area contributed by atoms with Crippen molar-refractivity contribution in [1.29, 1.82) is 0 Å². The van der Waals surface area contributed by atoms with Crippen LogP contribution in [0.1, 0.15) is 18.1 Å². The molecule has 28 heavy (non-hydrogen) atoms. The molecule has 0 spiro atoms. The number of nitrogens with one attached hydrogen (secondary N) is 2. The number of aromatic nitrogens is 2. The van der Waals surface area contributed by atoms with Gasteiger partial charge in [0.05, 0.1) is 12.0 Å². The second-order valence-electron chi connectivity index (χ2n) is 6.05. The number of methoxy groups -OCH3 is 1. The minimum Gasteiger partial charge on any atom is -0.497 e. The van der Waals surface area contributed by atoms with Gasteiger partial charge in [0.25, 0.3) is 0 Å². The molecule has 2 aromatic carbocycles. The highest BCUT2D eigenvalue weighted by molar-refractivity contribution is 5.73. The minimum atomic E-state index is -0.487. The highest BCUT2D eigenvalue weighted by Crippen LogP contribution is 2.31. The third-order valence-corrected chi connectivity index (χ3v) is 4.25. The van der Waals surface area contributed by atoms with E-state index >= 15 is 0 Å². The van der Waals surface area contributed by atoms with Crippen LogP contribution in [0, 0.1) is 10.1 Å². The van der Waals surface area contributed by atoms with Gasteiger partial charge in [-0.1, -0.05) is 31.2 Å². The first-order valence-electron chi connectivity index (χ1n) is 8.83. The molecule has 8 heteroatoms. The van der Waals surface area contributed by atoms with E-state index in [1.165, 1.54) is 11.9 Å². The SMILES string of the molecule is CCc1ccc(Nc2ncnc(NCc3ccc(OC)cc3)c2[N+](=O)[O-])cc1. The Morgan fingerprint density at radius 2 is 1.64 bits per heavy atom. The van der Waals surface area contributed by atoms with Crippen LogP contribution in [0.3, 0.4) is 0 Å². The van der Waals surface area contributed by atoms with E-state index in [4.69, 9.17) is 4.74 Å². The van der Waals surface area contributed by atoms with E-state index in [0.29, 0.717) is 6.54 Å². The van der Waals surface area contributed by atoms with E-state index < -0.39 is 4.92 Å². The molecule has 0 bridgehead atoms. The van der Waals surface area contributed by atoms with Crippen molar-refractivity contribution >= 4 is 23.0 Å². The van der Waals surface area contributed by atoms with Gasteiger partial charge in [-0.25, -0.2) is 9.97 Å². The smallest absolute Gasteiger partial charge is 0.353 e. The number of benzene rings is 2. The third-order valence-electron chi connectivity index (χ3n) is 4.25. The molecule has 0 fully saturated rings. The number of aryl methyl sites for hydroxylation is 1. The number of hydrogen-bond donors (Lipinski definition) is 2. The van der Waals surface area contributed by atoms with Crippen LogP contribution in [0.5, 0.6) is 5.75 Å². The quantitative estimate of drug-likeness (QED) is 0.444. The molecule has 0 saturated heterocycles. The molecule has 1 aromatic heterocycles. The first-order valence-corrected chi connectivity index (χ1v) is 8.83. The van der Waals surface area contributed by atoms with Gasteiger partial charge in [0, 0.05) is 12.2 Å². The van der Waals surface area contributed by atoms with E-state index in [1.54, 1.807) is 7.11 Å². The fraction of sp³-hybridized carbons (Fsp3) is 0.200. The molecule has 0 aliphatic rings. The van der Waals surface area contributed by atoms with Gasteiger partial charge in [0.15, 0.2) is 0 Å².